The van der Waals surface area contributed by atoms with Gasteiger partial charge in [0.25, 0.3) is 0 Å². The van der Waals surface area contributed by atoms with Crippen LogP contribution in [0.4, 0.5) is 0 Å². The lowest BCUT2D eigenvalue weighted by Crippen LogP contribution is -2.05. The van der Waals surface area contributed by atoms with Gasteiger partial charge in [-0.25, -0.2) is 0 Å². The van der Waals surface area contributed by atoms with Gasteiger partial charge in [0, 0.05) is 15.3 Å². The number of hydrogen-bond acceptors (Lipinski definition) is 1. The third kappa shape index (κ3) is 3.39. The molecule has 0 aliphatic heterocycles. The Hall–Kier alpha value is -0.400. The molecule has 1 aromatic carbocycles. The largest absolute Gasteiger partial charge is 0.0931 e. The lowest BCUT2D eigenvalue weighted by Gasteiger charge is -2.21. The standard InChI is InChI=1S/C12H15ClS/c1-12(2,3)11(9-13)14-10-7-5-4-6-8-10/h4-9H,1-3H3/b11-9+. The van der Waals surface area contributed by atoms with Crippen molar-refractivity contribution in [2.75, 3.05) is 0 Å². The van der Waals surface area contributed by atoms with E-state index in [-0.39, 0.29) is 5.41 Å². The van der Waals surface area contributed by atoms with Crippen LogP contribution in [0.25, 0.3) is 0 Å². The Kier molecular flexibility index (Phi) is 4.09. The zero-order valence-corrected chi connectivity index (χ0v) is 10.3. The molecule has 0 aliphatic carbocycles. The quantitative estimate of drug-likeness (QED) is 0.646. The number of rotatable bonds is 2. The Balaban J connectivity index is 2.78. The van der Waals surface area contributed by atoms with E-state index in [0.717, 1.165) is 0 Å². The van der Waals surface area contributed by atoms with Gasteiger partial charge < -0.3 is 0 Å². The van der Waals surface area contributed by atoms with Crippen LogP contribution in [0.3, 0.4) is 0 Å². The maximum absolute atomic E-state index is 5.82. The third-order valence-electron chi connectivity index (χ3n) is 1.81. The summed E-state index contributed by atoms with van der Waals surface area (Å²) in [6, 6.07) is 10.3. The van der Waals surface area contributed by atoms with Gasteiger partial charge >= 0.3 is 0 Å². The topological polar surface area (TPSA) is 0 Å². The molecule has 0 radical (unpaired) electrons. The number of thioether (sulfide) groups is 1. The van der Waals surface area contributed by atoms with Crippen molar-refractivity contribution in [1.29, 1.82) is 0 Å². The molecule has 0 amide bonds. The van der Waals surface area contributed by atoms with Crippen LogP contribution in [-0.2, 0) is 0 Å². The minimum absolute atomic E-state index is 0.113. The Morgan fingerprint density at radius 1 is 1.21 bits per heavy atom. The Morgan fingerprint density at radius 3 is 2.21 bits per heavy atom. The monoisotopic (exact) mass is 226 g/mol. The summed E-state index contributed by atoms with van der Waals surface area (Å²) in [5.74, 6) is 0. The predicted octanol–water partition coefficient (Wildman–Crippen LogP) is 4.91. The van der Waals surface area contributed by atoms with Crippen LogP contribution in [0, 0.1) is 5.41 Å². The van der Waals surface area contributed by atoms with E-state index < -0.39 is 0 Å². The first-order valence-corrected chi connectivity index (χ1v) is 5.83. The molecule has 76 valence electrons. The van der Waals surface area contributed by atoms with E-state index in [1.165, 1.54) is 9.80 Å². The molecule has 1 rings (SSSR count). The number of benzene rings is 1. The van der Waals surface area contributed by atoms with E-state index in [1.807, 2.05) is 18.2 Å². The van der Waals surface area contributed by atoms with Crippen LogP contribution in [0.5, 0.6) is 0 Å². The predicted molar refractivity (Wildman–Crippen MR) is 65.7 cm³/mol. The average Bonchev–Trinajstić information content (AvgIpc) is 2.14. The normalized spacial score (nSPS) is 13.0. The number of allylic oxidation sites excluding steroid dienone is 1. The van der Waals surface area contributed by atoms with Crippen molar-refractivity contribution in [3.05, 3.63) is 40.8 Å². The van der Waals surface area contributed by atoms with Crippen molar-refractivity contribution in [2.45, 2.75) is 25.7 Å². The van der Waals surface area contributed by atoms with Crippen LogP contribution < -0.4 is 0 Å². The van der Waals surface area contributed by atoms with E-state index >= 15 is 0 Å². The molecule has 2 heteroatoms. The summed E-state index contributed by atoms with van der Waals surface area (Å²) in [4.78, 5) is 2.42. The van der Waals surface area contributed by atoms with Crippen molar-refractivity contribution >= 4 is 23.4 Å². The van der Waals surface area contributed by atoms with E-state index in [4.69, 9.17) is 11.6 Å². The SMILES string of the molecule is CC(C)(C)/C(=C\Cl)Sc1ccccc1. The molecule has 0 N–H and O–H groups in total. The first-order valence-electron chi connectivity index (χ1n) is 4.58. The van der Waals surface area contributed by atoms with Crippen molar-refractivity contribution in [3.8, 4) is 0 Å². The van der Waals surface area contributed by atoms with Gasteiger partial charge in [-0.05, 0) is 17.5 Å². The third-order valence-corrected chi connectivity index (χ3v) is 3.61. The highest BCUT2D eigenvalue weighted by Gasteiger charge is 2.17. The van der Waals surface area contributed by atoms with Crippen molar-refractivity contribution < 1.29 is 0 Å². The van der Waals surface area contributed by atoms with Gasteiger partial charge in [0.1, 0.15) is 0 Å². The molecule has 0 unspecified atom stereocenters. The Bertz CT molecular complexity index is 309. The van der Waals surface area contributed by atoms with Gasteiger partial charge in [-0.15, -0.1) is 0 Å². The van der Waals surface area contributed by atoms with Gasteiger partial charge in [-0.2, -0.15) is 0 Å². The zero-order valence-electron chi connectivity index (χ0n) is 8.75. The molecule has 0 heterocycles. The van der Waals surface area contributed by atoms with Crippen LogP contribution in [0.2, 0.25) is 0 Å². The van der Waals surface area contributed by atoms with Crippen molar-refractivity contribution in [3.63, 3.8) is 0 Å². The summed E-state index contributed by atoms with van der Waals surface area (Å²) in [5, 5.41) is 0. The molecule has 0 atom stereocenters. The summed E-state index contributed by atoms with van der Waals surface area (Å²) in [5.41, 5.74) is 1.79. The summed E-state index contributed by atoms with van der Waals surface area (Å²) < 4.78 is 0. The lowest BCUT2D eigenvalue weighted by atomic mass is 9.97. The minimum Gasteiger partial charge on any atom is -0.0931 e. The highest BCUT2D eigenvalue weighted by molar-refractivity contribution is 8.03. The molecule has 0 bridgehead atoms. The van der Waals surface area contributed by atoms with Gasteiger partial charge in [-0.3, -0.25) is 0 Å². The average molecular weight is 227 g/mol. The molecule has 0 saturated carbocycles. The van der Waals surface area contributed by atoms with Gasteiger partial charge in [0.05, 0.1) is 0 Å². The summed E-state index contributed by atoms with van der Waals surface area (Å²) in [6.07, 6.45) is 0. The smallest absolute Gasteiger partial charge is 0.0147 e. The molecule has 0 saturated heterocycles. The zero-order chi connectivity index (χ0) is 10.6. The minimum atomic E-state index is 0.113. The maximum Gasteiger partial charge on any atom is 0.0147 e. The fourth-order valence-electron chi connectivity index (χ4n) is 0.955. The fraction of sp³-hybridized carbons (Fsp3) is 0.333. The molecule has 0 nitrogen and oxygen atoms in total. The van der Waals surface area contributed by atoms with Gasteiger partial charge in [-0.1, -0.05) is 62.3 Å². The second-order valence-corrected chi connectivity index (χ2v) is 5.47. The van der Waals surface area contributed by atoms with Gasteiger partial charge in [0.15, 0.2) is 0 Å². The summed E-state index contributed by atoms with van der Waals surface area (Å²) >= 11 is 7.54. The maximum atomic E-state index is 5.82. The van der Waals surface area contributed by atoms with Crippen molar-refractivity contribution in [1.82, 2.24) is 0 Å². The van der Waals surface area contributed by atoms with E-state index in [9.17, 15) is 0 Å². The Morgan fingerprint density at radius 2 is 1.79 bits per heavy atom. The van der Waals surface area contributed by atoms with E-state index in [0.29, 0.717) is 0 Å². The first kappa shape index (κ1) is 11.7. The van der Waals surface area contributed by atoms with E-state index in [1.54, 1.807) is 17.3 Å². The summed E-state index contributed by atoms with van der Waals surface area (Å²) in [6.45, 7) is 6.49. The molecular formula is C12H15ClS. The molecule has 0 aliphatic rings. The first-order chi connectivity index (χ1) is 6.54. The van der Waals surface area contributed by atoms with Crippen LogP contribution in [0.1, 0.15) is 20.8 Å². The molecular weight excluding hydrogens is 212 g/mol. The van der Waals surface area contributed by atoms with Crippen LogP contribution >= 0.6 is 23.4 Å². The lowest BCUT2D eigenvalue weighted by molar-refractivity contribution is 0.534. The fourth-order valence-corrected chi connectivity index (χ4v) is 2.31. The van der Waals surface area contributed by atoms with Crippen LogP contribution in [-0.4, -0.2) is 0 Å². The molecule has 0 fully saturated rings. The second kappa shape index (κ2) is 4.90. The number of hydrogen-bond donors (Lipinski definition) is 0. The number of halogens is 1. The van der Waals surface area contributed by atoms with E-state index in [2.05, 4.69) is 32.9 Å². The highest BCUT2D eigenvalue weighted by atomic mass is 35.5. The highest BCUT2D eigenvalue weighted by Crippen LogP contribution is 2.39. The molecule has 0 spiro atoms. The molecule has 1 aromatic rings. The van der Waals surface area contributed by atoms with Gasteiger partial charge in [0.2, 0.25) is 0 Å². The molecule has 14 heavy (non-hydrogen) atoms. The Labute approximate surface area is 95.4 Å². The summed E-state index contributed by atoms with van der Waals surface area (Å²) in [7, 11) is 0. The molecule has 0 aromatic heterocycles. The second-order valence-electron chi connectivity index (χ2n) is 4.14. The van der Waals surface area contributed by atoms with Crippen molar-refractivity contribution in [2.24, 2.45) is 5.41 Å². The van der Waals surface area contributed by atoms with Crippen LogP contribution in [0.15, 0.2) is 45.7 Å².